The first-order chi connectivity index (χ1) is 17.1. The van der Waals surface area contributed by atoms with E-state index in [2.05, 4.69) is 25.0 Å². The Balaban J connectivity index is 1.59. The highest BCUT2D eigenvalue weighted by atomic mass is 35.5. The molecule has 1 unspecified atom stereocenters. The van der Waals surface area contributed by atoms with Crippen LogP contribution in [0.2, 0.25) is 5.02 Å². The van der Waals surface area contributed by atoms with Gasteiger partial charge in [-0.1, -0.05) is 35.0 Å². The second-order valence-electron chi connectivity index (χ2n) is 8.45. The van der Waals surface area contributed by atoms with Gasteiger partial charge >= 0.3 is 0 Å². The van der Waals surface area contributed by atoms with Crippen LogP contribution in [-0.4, -0.2) is 46.6 Å². The maximum Gasteiger partial charge on any atom is 0.284 e. The van der Waals surface area contributed by atoms with E-state index in [4.69, 9.17) is 16.7 Å². The Bertz CT molecular complexity index is 1650. The lowest BCUT2D eigenvalue weighted by Gasteiger charge is -2.28. The van der Waals surface area contributed by atoms with Crippen molar-refractivity contribution in [1.82, 2.24) is 29.1 Å². The summed E-state index contributed by atoms with van der Waals surface area (Å²) in [5.41, 5.74) is 2.61. The molecule has 0 amide bonds. The van der Waals surface area contributed by atoms with Crippen molar-refractivity contribution in [1.29, 1.82) is 0 Å². The van der Waals surface area contributed by atoms with Crippen LogP contribution in [0.5, 0.6) is 0 Å². The fraction of sp³-hybridized carbons (Fsp3) is 0.208. The Morgan fingerprint density at radius 3 is 2.86 bits per heavy atom. The normalized spacial score (nSPS) is 16.6. The molecule has 0 aliphatic carbocycles. The molecular formula is C24H21ClN8O2. The monoisotopic (exact) mass is 488 g/mol. The van der Waals surface area contributed by atoms with Crippen molar-refractivity contribution < 1.29 is 5.21 Å². The maximum atomic E-state index is 13.7. The van der Waals surface area contributed by atoms with E-state index >= 15 is 0 Å². The second kappa shape index (κ2) is 8.24. The van der Waals surface area contributed by atoms with E-state index in [-0.39, 0.29) is 11.6 Å². The minimum Gasteiger partial charge on any atom is -0.411 e. The van der Waals surface area contributed by atoms with Crippen molar-refractivity contribution in [3.63, 3.8) is 0 Å². The highest BCUT2D eigenvalue weighted by Crippen LogP contribution is 2.38. The number of nitrogens with zero attached hydrogens (tertiary/aromatic N) is 7. The number of aromatic amines is 1. The summed E-state index contributed by atoms with van der Waals surface area (Å²) < 4.78 is 3.19. The van der Waals surface area contributed by atoms with Gasteiger partial charge in [0, 0.05) is 24.5 Å². The number of para-hydroxylation sites is 1. The Morgan fingerprint density at radius 1 is 1.23 bits per heavy atom. The van der Waals surface area contributed by atoms with Gasteiger partial charge in [0.1, 0.15) is 23.3 Å². The van der Waals surface area contributed by atoms with Gasteiger partial charge in [0.15, 0.2) is 5.82 Å². The lowest BCUT2D eigenvalue weighted by Crippen LogP contribution is -2.33. The molecule has 35 heavy (non-hydrogen) atoms. The summed E-state index contributed by atoms with van der Waals surface area (Å²) in [6, 6.07) is 10.9. The zero-order valence-corrected chi connectivity index (χ0v) is 19.5. The minimum absolute atomic E-state index is 0.235. The number of H-pyrrole nitrogens is 1. The molecule has 1 fully saturated rings. The molecule has 0 bridgehead atoms. The van der Waals surface area contributed by atoms with Crippen molar-refractivity contribution >= 4 is 39.7 Å². The van der Waals surface area contributed by atoms with Crippen LogP contribution in [-0.2, 0) is 0 Å². The highest BCUT2D eigenvalue weighted by Gasteiger charge is 2.34. The van der Waals surface area contributed by atoms with Crippen molar-refractivity contribution in [2.45, 2.75) is 25.8 Å². The van der Waals surface area contributed by atoms with Crippen LogP contribution in [0.25, 0.3) is 22.2 Å². The molecule has 1 aliphatic rings. The highest BCUT2D eigenvalue weighted by molar-refractivity contribution is 6.33. The first-order valence-corrected chi connectivity index (χ1v) is 11.6. The number of benzene rings is 1. The summed E-state index contributed by atoms with van der Waals surface area (Å²) in [7, 11) is 0. The number of oxime groups is 1. The van der Waals surface area contributed by atoms with Crippen LogP contribution in [0, 0.1) is 0 Å². The lowest BCUT2D eigenvalue weighted by molar-refractivity contribution is 0.319. The molecule has 0 spiro atoms. The molecule has 4 aromatic heterocycles. The van der Waals surface area contributed by atoms with Gasteiger partial charge in [0.25, 0.3) is 5.56 Å². The molecule has 1 aromatic carbocycles. The summed E-state index contributed by atoms with van der Waals surface area (Å²) in [4.78, 5) is 28.0. The smallest absolute Gasteiger partial charge is 0.284 e. The summed E-state index contributed by atoms with van der Waals surface area (Å²) in [6.45, 7) is 2.44. The van der Waals surface area contributed by atoms with Crippen molar-refractivity contribution in [3.05, 3.63) is 81.9 Å². The van der Waals surface area contributed by atoms with Crippen LogP contribution in [0.1, 0.15) is 37.2 Å². The molecule has 1 atom stereocenters. The number of fused-ring (bicyclic) bond motifs is 2. The first-order valence-electron chi connectivity index (χ1n) is 11.2. The van der Waals surface area contributed by atoms with Crippen molar-refractivity contribution in [2.24, 2.45) is 5.16 Å². The molecule has 5 aromatic rings. The van der Waals surface area contributed by atoms with Gasteiger partial charge in [-0.15, -0.1) is 0 Å². The fourth-order valence-corrected chi connectivity index (χ4v) is 5.11. The van der Waals surface area contributed by atoms with E-state index in [0.717, 1.165) is 18.2 Å². The third kappa shape index (κ3) is 3.28. The van der Waals surface area contributed by atoms with Crippen LogP contribution in [0.15, 0.2) is 65.1 Å². The summed E-state index contributed by atoms with van der Waals surface area (Å²) in [5, 5.41) is 18.8. The van der Waals surface area contributed by atoms with E-state index in [0.29, 0.717) is 51.3 Å². The van der Waals surface area contributed by atoms with Crippen LogP contribution < -0.4 is 10.5 Å². The van der Waals surface area contributed by atoms with E-state index < -0.39 is 0 Å². The number of anilines is 1. The largest absolute Gasteiger partial charge is 0.411 e. The first kappa shape index (κ1) is 21.4. The molecular weight excluding hydrogens is 468 g/mol. The number of nitrogens with one attached hydrogen (secondary N) is 1. The quantitative estimate of drug-likeness (QED) is 0.225. The number of rotatable bonds is 4. The molecule has 1 aliphatic heterocycles. The Labute approximate surface area is 204 Å². The van der Waals surface area contributed by atoms with E-state index in [1.54, 1.807) is 34.5 Å². The number of halogens is 1. The fourth-order valence-electron chi connectivity index (χ4n) is 4.88. The zero-order valence-electron chi connectivity index (χ0n) is 18.8. The van der Waals surface area contributed by atoms with Gasteiger partial charge < -0.3 is 15.1 Å². The van der Waals surface area contributed by atoms with E-state index in [1.807, 2.05) is 30.3 Å². The van der Waals surface area contributed by atoms with Gasteiger partial charge in [-0.05, 0) is 38.0 Å². The molecule has 0 saturated carbocycles. The van der Waals surface area contributed by atoms with E-state index in [1.165, 1.54) is 6.33 Å². The Morgan fingerprint density at radius 2 is 2.06 bits per heavy atom. The Kier molecular flexibility index (Phi) is 5.03. The van der Waals surface area contributed by atoms with Crippen LogP contribution in [0.3, 0.4) is 0 Å². The third-order valence-electron chi connectivity index (χ3n) is 6.49. The zero-order chi connectivity index (χ0) is 24.1. The van der Waals surface area contributed by atoms with Gasteiger partial charge in [0.2, 0.25) is 0 Å². The molecule has 11 heteroatoms. The standard InChI is InChI=1S/C24H21ClN8O2/c1-14(30-35)16-12-26-21-19(16)23(28-13-27-21)31-10-5-8-18(31)22-29-32-11-9-17(25)20(32)24(34)33(22)15-6-3-2-4-7-15/h2-4,6-7,9,11-13,18,35H,5,8,10H2,1H3,(H,26,27,28). The lowest BCUT2D eigenvalue weighted by atomic mass is 10.1. The maximum absolute atomic E-state index is 13.7. The van der Waals surface area contributed by atoms with Gasteiger partial charge in [-0.2, -0.15) is 5.10 Å². The predicted octanol–water partition coefficient (Wildman–Crippen LogP) is 3.95. The molecule has 1 saturated heterocycles. The molecule has 176 valence electrons. The molecule has 0 radical (unpaired) electrons. The molecule has 2 N–H and O–H groups in total. The Hall–Kier alpha value is -4.18. The SMILES string of the molecule is CC(=NO)c1c[nH]c2ncnc(N3CCCC3c3nn4ccc(Cl)c4c(=O)n3-c3ccccc3)c12. The average molecular weight is 489 g/mol. The molecule has 5 heterocycles. The van der Waals surface area contributed by atoms with Crippen LogP contribution >= 0.6 is 11.6 Å². The van der Waals surface area contributed by atoms with Crippen LogP contribution in [0.4, 0.5) is 5.82 Å². The summed E-state index contributed by atoms with van der Waals surface area (Å²) >= 11 is 6.35. The van der Waals surface area contributed by atoms with Gasteiger partial charge in [0.05, 0.1) is 27.8 Å². The summed E-state index contributed by atoms with van der Waals surface area (Å²) in [6.07, 6.45) is 6.63. The third-order valence-corrected chi connectivity index (χ3v) is 6.79. The number of hydrogen-bond donors (Lipinski definition) is 2. The minimum atomic E-state index is -0.235. The van der Waals surface area contributed by atoms with E-state index in [9.17, 15) is 10.0 Å². The second-order valence-corrected chi connectivity index (χ2v) is 8.86. The molecule has 10 nitrogen and oxygen atoms in total. The summed E-state index contributed by atoms with van der Waals surface area (Å²) in [5.74, 6) is 1.28. The number of aromatic nitrogens is 6. The van der Waals surface area contributed by atoms with Crippen molar-refractivity contribution in [3.8, 4) is 5.69 Å². The predicted molar refractivity (Wildman–Crippen MR) is 133 cm³/mol. The number of hydrogen-bond acceptors (Lipinski definition) is 7. The molecule has 6 rings (SSSR count). The topological polar surface area (TPSA) is 117 Å². The van der Waals surface area contributed by atoms with Gasteiger partial charge in [-0.3, -0.25) is 9.36 Å². The average Bonchev–Trinajstić information content (AvgIpc) is 3.62. The van der Waals surface area contributed by atoms with Gasteiger partial charge in [-0.25, -0.2) is 14.5 Å². The van der Waals surface area contributed by atoms with Crippen molar-refractivity contribution in [2.75, 3.05) is 11.4 Å².